The number of aryl methyl sites for hydroxylation is 2. The van der Waals surface area contributed by atoms with Gasteiger partial charge in [-0.05, 0) is 44.5 Å². The monoisotopic (exact) mass is 407 g/mol. The van der Waals surface area contributed by atoms with Gasteiger partial charge in [-0.25, -0.2) is 14.4 Å². The number of rotatable bonds is 3. The lowest BCUT2D eigenvalue weighted by molar-refractivity contribution is 0.00762. The van der Waals surface area contributed by atoms with Crippen molar-refractivity contribution in [3.05, 3.63) is 59.4 Å². The summed E-state index contributed by atoms with van der Waals surface area (Å²) in [6.45, 7) is 6.13. The van der Waals surface area contributed by atoms with Crippen LogP contribution in [0.5, 0.6) is 0 Å². The second-order valence-corrected chi connectivity index (χ2v) is 7.95. The van der Waals surface area contributed by atoms with Crippen molar-refractivity contribution in [3.8, 4) is 5.69 Å². The molecule has 2 aliphatic heterocycles. The van der Waals surface area contributed by atoms with E-state index in [0.717, 1.165) is 24.4 Å². The summed E-state index contributed by atoms with van der Waals surface area (Å²) in [5.74, 6) is 0.486. The van der Waals surface area contributed by atoms with Crippen molar-refractivity contribution in [1.29, 1.82) is 0 Å². The van der Waals surface area contributed by atoms with Crippen LogP contribution in [0.15, 0.2) is 36.7 Å². The summed E-state index contributed by atoms with van der Waals surface area (Å²) in [5.41, 5.74) is 2.60. The quantitative estimate of drug-likeness (QED) is 0.662. The molecule has 0 radical (unpaired) electrons. The number of carbonyl (C=O) groups is 1. The SMILES string of the molecule is Cc1cc(C)nc(N2CC[C@@H]3CN(C(=O)c4cc(F)ccc4-n4nccn4)[C@@H]3C2)n1. The van der Waals surface area contributed by atoms with Crippen molar-refractivity contribution in [2.75, 3.05) is 24.5 Å². The molecule has 30 heavy (non-hydrogen) atoms. The highest BCUT2D eigenvalue weighted by Gasteiger charge is 2.46. The van der Waals surface area contributed by atoms with Crippen LogP contribution in [-0.2, 0) is 0 Å². The lowest BCUT2D eigenvalue weighted by Crippen LogP contribution is -2.66. The van der Waals surface area contributed by atoms with Crippen molar-refractivity contribution >= 4 is 11.9 Å². The fourth-order valence-electron chi connectivity index (χ4n) is 4.41. The number of carbonyl (C=O) groups excluding carboxylic acids is 1. The van der Waals surface area contributed by atoms with E-state index in [1.807, 2.05) is 24.8 Å². The summed E-state index contributed by atoms with van der Waals surface area (Å²) in [4.78, 5) is 27.8. The fourth-order valence-corrected chi connectivity index (χ4v) is 4.41. The normalized spacial score (nSPS) is 20.6. The molecule has 0 bridgehead atoms. The number of aromatic nitrogens is 5. The number of benzene rings is 1. The van der Waals surface area contributed by atoms with E-state index in [1.165, 1.54) is 35.4 Å². The zero-order chi connectivity index (χ0) is 20.8. The van der Waals surface area contributed by atoms with Crippen LogP contribution >= 0.6 is 0 Å². The predicted octanol–water partition coefficient (Wildman–Crippen LogP) is 2.16. The van der Waals surface area contributed by atoms with Crippen LogP contribution in [0.3, 0.4) is 0 Å². The Morgan fingerprint density at radius 1 is 1.07 bits per heavy atom. The molecule has 2 saturated heterocycles. The minimum atomic E-state index is -0.458. The Morgan fingerprint density at radius 2 is 1.80 bits per heavy atom. The number of hydrogen-bond donors (Lipinski definition) is 0. The Balaban J connectivity index is 1.40. The fraction of sp³-hybridized carbons (Fsp3) is 0.381. The smallest absolute Gasteiger partial charge is 0.256 e. The number of halogens is 1. The largest absolute Gasteiger partial charge is 0.339 e. The molecule has 0 spiro atoms. The van der Waals surface area contributed by atoms with E-state index in [2.05, 4.69) is 25.1 Å². The number of nitrogens with zero attached hydrogens (tertiary/aromatic N) is 7. The number of likely N-dealkylation sites (tertiary alicyclic amines) is 1. The molecule has 2 aromatic heterocycles. The second kappa shape index (κ2) is 7.16. The molecular formula is C21H22FN7O. The maximum absolute atomic E-state index is 14.0. The van der Waals surface area contributed by atoms with E-state index in [-0.39, 0.29) is 17.5 Å². The van der Waals surface area contributed by atoms with Gasteiger partial charge in [0.1, 0.15) is 5.82 Å². The van der Waals surface area contributed by atoms with Gasteiger partial charge < -0.3 is 9.80 Å². The van der Waals surface area contributed by atoms with Crippen molar-refractivity contribution in [2.24, 2.45) is 5.92 Å². The van der Waals surface area contributed by atoms with E-state index < -0.39 is 5.82 Å². The van der Waals surface area contributed by atoms with Gasteiger partial charge in [-0.3, -0.25) is 4.79 Å². The summed E-state index contributed by atoms with van der Waals surface area (Å²) < 4.78 is 14.0. The molecule has 154 valence electrons. The van der Waals surface area contributed by atoms with Crippen LogP contribution in [0.4, 0.5) is 10.3 Å². The molecule has 2 atom stereocenters. The Labute approximate surface area is 173 Å². The molecular weight excluding hydrogens is 385 g/mol. The highest BCUT2D eigenvalue weighted by molar-refractivity contribution is 5.98. The minimum absolute atomic E-state index is 0.0531. The van der Waals surface area contributed by atoms with E-state index in [1.54, 1.807) is 0 Å². The van der Waals surface area contributed by atoms with E-state index >= 15 is 0 Å². The van der Waals surface area contributed by atoms with Crippen molar-refractivity contribution < 1.29 is 9.18 Å². The molecule has 9 heteroatoms. The average Bonchev–Trinajstić information content (AvgIpc) is 3.22. The van der Waals surface area contributed by atoms with Gasteiger partial charge in [-0.1, -0.05) is 0 Å². The average molecular weight is 407 g/mol. The van der Waals surface area contributed by atoms with Crippen LogP contribution in [0.2, 0.25) is 0 Å². The third kappa shape index (κ3) is 3.20. The van der Waals surface area contributed by atoms with E-state index in [4.69, 9.17) is 0 Å². The topological polar surface area (TPSA) is 80.0 Å². The molecule has 2 fully saturated rings. The maximum Gasteiger partial charge on any atom is 0.256 e. The van der Waals surface area contributed by atoms with Gasteiger partial charge >= 0.3 is 0 Å². The molecule has 0 aliphatic carbocycles. The van der Waals surface area contributed by atoms with Crippen molar-refractivity contribution in [2.45, 2.75) is 26.3 Å². The molecule has 0 saturated carbocycles. The van der Waals surface area contributed by atoms with E-state index in [9.17, 15) is 9.18 Å². The summed E-state index contributed by atoms with van der Waals surface area (Å²) in [6, 6.07) is 6.12. The number of hydrogen-bond acceptors (Lipinski definition) is 6. The maximum atomic E-state index is 14.0. The molecule has 5 rings (SSSR count). The third-order valence-electron chi connectivity index (χ3n) is 5.89. The molecule has 8 nitrogen and oxygen atoms in total. The van der Waals surface area contributed by atoms with Crippen LogP contribution in [0.25, 0.3) is 5.69 Å². The second-order valence-electron chi connectivity index (χ2n) is 7.95. The third-order valence-corrected chi connectivity index (χ3v) is 5.89. The number of amides is 1. The highest BCUT2D eigenvalue weighted by Crippen LogP contribution is 2.35. The highest BCUT2D eigenvalue weighted by atomic mass is 19.1. The molecule has 2 aliphatic rings. The first-order valence-electron chi connectivity index (χ1n) is 10.0. The van der Waals surface area contributed by atoms with Crippen LogP contribution in [0, 0.1) is 25.6 Å². The lowest BCUT2D eigenvalue weighted by Gasteiger charge is -2.53. The van der Waals surface area contributed by atoms with Gasteiger partial charge in [0.15, 0.2) is 0 Å². The summed E-state index contributed by atoms with van der Waals surface area (Å²) in [6.07, 6.45) is 4.03. The molecule has 0 N–H and O–H groups in total. The lowest BCUT2D eigenvalue weighted by atomic mass is 9.81. The summed E-state index contributed by atoms with van der Waals surface area (Å²) >= 11 is 0. The standard InChI is InChI=1S/C21H22FN7O/c1-13-9-14(2)26-21(25-13)27-8-5-15-11-28(19(15)12-27)20(30)17-10-16(22)3-4-18(17)29-23-6-7-24-29/h3-4,6-7,9-10,15,19H,5,8,11-12H2,1-2H3/t15-,19-/m1/s1. The van der Waals surface area contributed by atoms with Gasteiger partial charge in [0, 0.05) is 36.9 Å². The summed E-state index contributed by atoms with van der Waals surface area (Å²) in [5, 5.41) is 8.20. The molecule has 1 aromatic carbocycles. The van der Waals surface area contributed by atoms with Crippen molar-refractivity contribution in [3.63, 3.8) is 0 Å². The van der Waals surface area contributed by atoms with Gasteiger partial charge in [-0.15, -0.1) is 0 Å². The van der Waals surface area contributed by atoms with Gasteiger partial charge in [0.05, 0.1) is 29.7 Å². The summed E-state index contributed by atoms with van der Waals surface area (Å²) in [7, 11) is 0. The predicted molar refractivity (Wildman–Crippen MR) is 108 cm³/mol. The minimum Gasteiger partial charge on any atom is -0.339 e. The van der Waals surface area contributed by atoms with Crippen LogP contribution in [-0.4, -0.2) is 61.4 Å². The Bertz CT molecular complexity index is 1080. The van der Waals surface area contributed by atoms with Gasteiger partial charge in [0.2, 0.25) is 5.95 Å². The Morgan fingerprint density at radius 3 is 2.53 bits per heavy atom. The first-order chi connectivity index (χ1) is 14.5. The zero-order valence-electron chi connectivity index (χ0n) is 16.9. The number of fused-ring (bicyclic) bond motifs is 1. The first-order valence-corrected chi connectivity index (χ1v) is 10.0. The molecule has 0 unspecified atom stereocenters. The van der Waals surface area contributed by atoms with Crippen LogP contribution in [0.1, 0.15) is 28.2 Å². The van der Waals surface area contributed by atoms with E-state index in [0.29, 0.717) is 30.6 Å². The number of anilines is 1. The zero-order valence-corrected chi connectivity index (χ0v) is 16.9. The molecule has 1 amide bonds. The van der Waals surface area contributed by atoms with Crippen molar-refractivity contribution in [1.82, 2.24) is 29.9 Å². The number of piperidine rings is 1. The van der Waals surface area contributed by atoms with Gasteiger partial charge in [0.25, 0.3) is 5.91 Å². The Kier molecular flexibility index (Phi) is 4.45. The first kappa shape index (κ1) is 18.7. The molecule has 4 heterocycles. The van der Waals surface area contributed by atoms with Gasteiger partial charge in [-0.2, -0.15) is 15.0 Å². The van der Waals surface area contributed by atoms with Crippen LogP contribution < -0.4 is 4.90 Å². The molecule has 3 aromatic rings. The Hall–Kier alpha value is -3.36.